The first kappa shape index (κ1) is 19.1. The van der Waals surface area contributed by atoms with Gasteiger partial charge in [-0.05, 0) is 26.0 Å². The lowest BCUT2D eigenvalue weighted by atomic mass is 9.99. The summed E-state index contributed by atoms with van der Waals surface area (Å²) in [6.07, 6.45) is -4.82. The van der Waals surface area contributed by atoms with Gasteiger partial charge in [0.05, 0.1) is 5.92 Å². The lowest BCUT2D eigenvalue weighted by molar-refractivity contribution is -0.144. The molecule has 0 fully saturated rings. The van der Waals surface area contributed by atoms with Gasteiger partial charge in [0.25, 0.3) is 0 Å². The van der Waals surface area contributed by atoms with E-state index in [9.17, 15) is 27.2 Å². The second kappa shape index (κ2) is 7.10. The molecule has 9 heteroatoms. The number of nitrogens with zero attached hydrogens (tertiary/aromatic N) is 1. The highest BCUT2D eigenvalue weighted by Gasteiger charge is 2.40. The summed E-state index contributed by atoms with van der Waals surface area (Å²) in [6.45, 7) is 2.07. The summed E-state index contributed by atoms with van der Waals surface area (Å²) in [5, 5.41) is -0.122. The van der Waals surface area contributed by atoms with Crippen LogP contribution in [0.25, 0.3) is 0 Å². The molecule has 23 heavy (non-hydrogen) atoms. The van der Waals surface area contributed by atoms with Crippen molar-refractivity contribution in [2.75, 3.05) is 0 Å². The quantitative estimate of drug-likeness (QED) is 0.297. The summed E-state index contributed by atoms with van der Waals surface area (Å²) < 4.78 is 52.5. The fraction of sp³-hybridized carbons (Fsp3) is 0.286. The van der Waals surface area contributed by atoms with Gasteiger partial charge in [0.1, 0.15) is 11.5 Å². The Morgan fingerprint density at radius 1 is 1.35 bits per heavy atom. The highest BCUT2D eigenvalue weighted by Crippen LogP contribution is 2.30. The van der Waals surface area contributed by atoms with E-state index >= 15 is 0 Å². The van der Waals surface area contributed by atoms with Crippen LogP contribution in [0.2, 0.25) is 5.02 Å². The molecular weight excluding hydrogens is 340 g/mol. The molecule has 0 radical (unpaired) electrons. The second-order valence-corrected chi connectivity index (χ2v) is 5.17. The van der Waals surface area contributed by atoms with Crippen LogP contribution in [0.5, 0.6) is 0 Å². The van der Waals surface area contributed by atoms with Crippen LogP contribution in [-0.2, 0) is 9.59 Å². The standard InChI is InChI=1S/C14H13ClF4N2O2/c1-7(22)5-12(14(17,18)19)21(20)13(23)8(2)10-4-3-9(15)6-11(10)16/h3-6,8H,20H2,1-2H3/b12-5-. The molecule has 1 aromatic carbocycles. The number of allylic oxidation sites excluding steroid dienone is 2. The van der Waals surface area contributed by atoms with Crippen molar-refractivity contribution in [1.82, 2.24) is 5.01 Å². The Labute approximate surface area is 134 Å². The summed E-state index contributed by atoms with van der Waals surface area (Å²) in [5.41, 5.74) is -1.80. The summed E-state index contributed by atoms with van der Waals surface area (Å²) in [6, 6.07) is 3.40. The Bertz CT molecular complexity index is 659. The number of hydrogen-bond acceptors (Lipinski definition) is 3. The molecular formula is C14H13ClF4N2O2. The van der Waals surface area contributed by atoms with E-state index in [1.165, 1.54) is 19.1 Å². The molecule has 1 atom stereocenters. The highest BCUT2D eigenvalue weighted by atomic mass is 35.5. The summed E-state index contributed by atoms with van der Waals surface area (Å²) in [4.78, 5) is 23.0. The molecule has 0 aliphatic rings. The van der Waals surface area contributed by atoms with Crippen LogP contribution < -0.4 is 5.84 Å². The predicted octanol–water partition coefficient (Wildman–Crippen LogP) is 3.32. The number of ketones is 1. The molecule has 1 unspecified atom stereocenters. The van der Waals surface area contributed by atoms with Crippen molar-refractivity contribution in [3.63, 3.8) is 0 Å². The van der Waals surface area contributed by atoms with Crippen molar-refractivity contribution >= 4 is 23.3 Å². The maximum Gasteiger partial charge on any atom is 0.433 e. The predicted molar refractivity (Wildman–Crippen MR) is 75.7 cm³/mol. The number of carbonyl (C=O) groups excluding carboxylic acids is 2. The van der Waals surface area contributed by atoms with Gasteiger partial charge in [-0.2, -0.15) is 13.2 Å². The zero-order valence-corrected chi connectivity index (χ0v) is 12.9. The largest absolute Gasteiger partial charge is 0.433 e. The zero-order valence-electron chi connectivity index (χ0n) is 12.1. The normalized spacial score (nSPS) is 13.7. The van der Waals surface area contributed by atoms with Crippen molar-refractivity contribution in [3.05, 3.63) is 46.4 Å². The number of hydrazine groups is 1. The summed E-state index contributed by atoms with van der Waals surface area (Å²) in [5.74, 6) is 0.883. The second-order valence-electron chi connectivity index (χ2n) is 4.73. The van der Waals surface area contributed by atoms with Gasteiger partial charge in [-0.25, -0.2) is 15.2 Å². The number of alkyl halides is 3. The molecule has 126 valence electrons. The molecule has 4 nitrogen and oxygen atoms in total. The molecule has 1 aromatic rings. The molecule has 0 saturated carbocycles. The van der Waals surface area contributed by atoms with Gasteiger partial charge in [-0.1, -0.05) is 17.7 Å². The third-order valence-electron chi connectivity index (χ3n) is 2.93. The molecule has 0 saturated heterocycles. The zero-order chi connectivity index (χ0) is 17.9. The van der Waals surface area contributed by atoms with Gasteiger partial charge >= 0.3 is 6.18 Å². The Morgan fingerprint density at radius 3 is 2.35 bits per heavy atom. The number of carbonyl (C=O) groups is 2. The molecule has 0 bridgehead atoms. The minimum Gasteiger partial charge on any atom is -0.295 e. The van der Waals surface area contributed by atoms with Crippen LogP contribution in [-0.4, -0.2) is 22.9 Å². The van der Waals surface area contributed by atoms with Crippen LogP contribution in [0.15, 0.2) is 30.0 Å². The molecule has 0 aliphatic carbocycles. The third kappa shape index (κ3) is 4.77. The number of nitrogens with two attached hydrogens (primary N) is 1. The van der Waals surface area contributed by atoms with Crippen molar-refractivity contribution in [3.8, 4) is 0 Å². The van der Waals surface area contributed by atoms with Gasteiger partial charge in [0, 0.05) is 16.7 Å². The summed E-state index contributed by atoms with van der Waals surface area (Å²) in [7, 11) is 0. The Balaban J connectivity index is 3.18. The lowest BCUT2D eigenvalue weighted by Gasteiger charge is -2.25. The smallest absolute Gasteiger partial charge is 0.295 e. The van der Waals surface area contributed by atoms with Crippen molar-refractivity contribution in [1.29, 1.82) is 0 Å². The van der Waals surface area contributed by atoms with Gasteiger partial charge in [0.15, 0.2) is 5.78 Å². The number of amides is 1. The van der Waals surface area contributed by atoms with E-state index in [0.29, 0.717) is 0 Å². The van der Waals surface area contributed by atoms with E-state index in [1.54, 1.807) is 0 Å². The molecule has 2 N–H and O–H groups in total. The third-order valence-corrected chi connectivity index (χ3v) is 3.16. The number of benzene rings is 1. The molecule has 0 aromatic heterocycles. The minimum absolute atomic E-state index is 0.0722. The average Bonchev–Trinajstić information content (AvgIpc) is 2.41. The van der Waals surface area contributed by atoms with Gasteiger partial charge < -0.3 is 0 Å². The molecule has 0 spiro atoms. The van der Waals surface area contributed by atoms with Crippen molar-refractivity contribution in [2.45, 2.75) is 25.9 Å². The van der Waals surface area contributed by atoms with Crippen LogP contribution in [0.1, 0.15) is 25.3 Å². The van der Waals surface area contributed by atoms with Gasteiger partial charge in [0.2, 0.25) is 5.91 Å². The fourth-order valence-corrected chi connectivity index (χ4v) is 1.95. The van der Waals surface area contributed by atoms with Crippen molar-refractivity contribution in [2.24, 2.45) is 5.84 Å². The first-order chi connectivity index (χ1) is 10.4. The van der Waals surface area contributed by atoms with E-state index in [0.717, 1.165) is 13.0 Å². The van der Waals surface area contributed by atoms with Crippen LogP contribution in [0.3, 0.4) is 0 Å². The number of halogens is 5. The van der Waals surface area contributed by atoms with E-state index in [1.807, 2.05) is 0 Å². The first-order valence-corrected chi connectivity index (χ1v) is 6.66. The monoisotopic (exact) mass is 352 g/mol. The molecule has 1 amide bonds. The van der Waals surface area contributed by atoms with Gasteiger partial charge in [-0.3, -0.25) is 9.59 Å². The number of hydrogen-bond donors (Lipinski definition) is 1. The Hall–Kier alpha value is -1.93. The maximum absolute atomic E-state index is 13.8. The number of rotatable bonds is 4. The van der Waals surface area contributed by atoms with E-state index in [4.69, 9.17) is 17.4 Å². The van der Waals surface area contributed by atoms with E-state index < -0.39 is 35.3 Å². The van der Waals surface area contributed by atoms with Crippen LogP contribution >= 0.6 is 11.6 Å². The van der Waals surface area contributed by atoms with Crippen LogP contribution in [0, 0.1) is 5.82 Å². The lowest BCUT2D eigenvalue weighted by Crippen LogP contribution is -2.44. The van der Waals surface area contributed by atoms with Crippen molar-refractivity contribution < 1.29 is 27.2 Å². The fourth-order valence-electron chi connectivity index (χ4n) is 1.79. The molecule has 1 rings (SSSR count). The van der Waals surface area contributed by atoms with Crippen LogP contribution in [0.4, 0.5) is 17.6 Å². The SMILES string of the molecule is CC(=O)/C=C(\N(N)C(=O)C(C)c1ccc(Cl)cc1F)C(F)(F)F. The average molecular weight is 353 g/mol. The first-order valence-electron chi connectivity index (χ1n) is 6.28. The Morgan fingerprint density at radius 2 is 1.91 bits per heavy atom. The van der Waals surface area contributed by atoms with E-state index in [-0.39, 0.29) is 21.7 Å². The highest BCUT2D eigenvalue weighted by molar-refractivity contribution is 6.30. The molecule has 0 heterocycles. The summed E-state index contributed by atoms with van der Waals surface area (Å²) >= 11 is 5.58. The maximum atomic E-state index is 13.8. The topological polar surface area (TPSA) is 63.4 Å². The molecule has 0 aliphatic heterocycles. The van der Waals surface area contributed by atoms with Gasteiger partial charge in [-0.15, -0.1) is 0 Å². The minimum atomic E-state index is -5.02. The van der Waals surface area contributed by atoms with E-state index in [2.05, 4.69) is 0 Å². The Kier molecular flexibility index (Phi) is 5.90.